The van der Waals surface area contributed by atoms with E-state index in [1.807, 2.05) is 0 Å². The van der Waals surface area contributed by atoms with Gasteiger partial charge >= 0.3 is 0 Å². The molecule has 0 saturated carbocycles. The summed E-state index contributed by atoms with van der Waals surface area (Å²) in [6.07, 6.45) is 3.00. The smallest absolute Gasteiger partial charge is 0.265 e. The van der Waals surface area contributed by atoms with E-state index in [9.17, 15) is 9.59 Å². The quantitative estimate of drug-likeness (QED) is 0.358. The number of carbonyl (C=O) groups excluding carboxylic acids is 2. The first kappa shape index (κ1) is 18.0. The number of ether oxygens (including phenoxy) is 1. The van der Waals surface area contributed by atoms with Crippen molar-refractivity contribution in [3.05, 3.63) is 28.3 Å². The Morgan fingerprint density at radius 3 is 2.80 bits per heavy atom. The molecule has 0 aromatic carbocycles. The highest BCUT2D eigenvalue weighted by Crippen LogP contribution is 2.32. The fourth-order valence-electron chi connectivity index (χ4n) is 2.40. The zero-order valence-corrected chi connectivity index (χ0v) is 15.5. The normalized spacial score (nSPS) is 20.2. The standard InChI is InChI=1S/C15H15ClN4O3S2/c1-2-3-20-13(22)9(12(21)18-14(20)24)8-10-11(16)17-15(25-10)19-4-6-23-7-5-19/h2,8H,1,3-7H2,(H,18,21,24). The minimum atomic E-state index is -0.548. The van der Waals surface area contributed by atoms with E-state index >= 15 is 0 Å². The number of hydrogen-bond acceptors (Lipinski definition) is 7. The number of anilines is 1. The summed E-state index contributed by atoms with van der Waals surface area (Å²) in [4.78, 5) is 32.9. The summed E-state index contributed by atoms with van der Waals surface area (Å²) in [5.41, 5.74) is -0.0328. The van der Waals surface area contributed by atoms with Gasteiger partial charge in [-0.15, -0.1) is 6.58 Å². The predicted octanol–water partition coefficient (Wildman–Crippen LogP) is 1.45. The van der Waals surface area contributed by atoms with E-state index < -0.39 is 11.8 Å². The van der Waals surface area contributed by atoms with Gasteiger partial charge in [-0.3, -0.25) is 19.8 Å². The van der Waals surface area contributed by atoms with Gasteiger partial charge in [0, 0.05) is 19.6 Å². The van der Waals surface area contributed by atoms with Crippen molar-refractivity contribution in [2.45, 2.75) is 0 Å². The first-order valence-electron chi connectivity index (χ1n) is 7.50. The molecule has 132 valence electrons. The molecule has 2 aliphatic rings. The maximum atomic E-state index is 12.5. The second kappa shape index (κ2) is 7.61. The van der Waals surface area contributed by atoms with Gasteiger partial charge in [-0.1, -0.05) is 29.0 Å². The third kappa shape index (κ3) is 3.74. The highest BCUT2D eigenvalue weighted by Gasteiger charge is 2.33. The predicted molar refractivity (Wildman–Crippen MR) is 101 cm³/mol. The zero-order valence-electron chi connectivity index (χ0n) is 13.2. The molecule has 3 heterocycles. The Labute approximate surface area is 158 Å². The van der Waals surface area contributed by atoms with Gasteiger partial charge in [-0.25, -0.2) is 4.98 Å². The number of halogens is 1. The summed E-state index contributed by atoms with van der Waals surface area (Å²) in [6, 6.07) is 0. The van der Waals surface area contributed by atoms with Crippen molar-refractivity contribution in [3.63, 3.8) is 0 Å². The molecule has 0 spiro atoms. The van der Waals surface area contributed by atoms with Crippen molar-refractivity contribution in [3.8, 4) is 0 Å². The molecule has 2 fully saturated rings. The molecule has 7 nitrogen and oxygen atoms in total. The highest BCUT2D eigenvalue weighted by atomic mass is 35.5. The molecular formula is C15H15ClN4O3S2. The number of amides is 2. The third-order valence-corrected chi connectivity index (χ3v) is 5.44. The average molecular weight is 399 g/mol. The van der Waals surface area contributed by atoms with Gasteiger partial charge in [0.05, 0.1) is 18.1 Å². The van der Waals surface area contributed by atoms with Crippen LogP contribution in [0.2, 0.25) is 5.15 Å². The highest BCUT2D eigenvalue weighted by molar-refractivity contribution is 7.80. The van der Waals surface area contributed by atoms with Gasteiger partial charge in [0.1, 0.15) is 10.7 Å². The SMILES string of the molecule is C=CCN1C(=O)C(=Cc2sc(N3CCOCC3)nc2Cl)C(=O)NC1=S. The number of nitrogens with one attached hydrogen (secondary N) is 1. The van der Waals surface area contributed by atoms with E-state index in [1.165, 1.54) is 28.4 Å². The summed E-state index contributed by atoms with van der Waals surface area (Å²) in [6.45, 7) is 6.50. The first-order chi connectivity index (χ1) is 12.0. The van der Waals surface area contributed by atoms with E-state index in [-0.39, 0.29) is 22.4 Å². The van der Waals surface area contributed by atoms with Crippen molar-refractivity contribution >= 4 is 63.3 Å². The summed E-state index contributed by atoms with van der Waals surface area (Å²) in [5, 5.41) is 3.56. The van der Waals surface area contributed by atoms with E-state index in [0.29, 0.717) is 18.1 Å². The Balaban J connectivity index is 1.89. The van der Waals surface area contributed by atoms with Crippen LogP contribution >= 0.6 is 35.2 Å². The second-order valence-corrected chi connectivity index (χ2v) is 7.03. The molecule has 25 heavy (non-hydrogen) atoms. The zero-order chi connectivity index (χ0) is 18.0. The van der Waals surface area contributed by atoms with E-state index in [2.05, 4.69) is 21.8 Å². The lowest BCUT2D eigenvalue weighted by Gasteiger charge is -2.27. The fourth-order valence-corrected chi connectivity index (χ4v) is 3.90. The number of hydrogen-bond donors (Lipinski definition) is 1. The molecule has 1 aromatic heterocycles. The van der Waals surface area contributed by atoms with Gasteiger partial charge in [0.2, 0.25) is 0 Å². The number of carbonyl (C=O) groups is 2. The minimum Gasteiger partial charge on any atom is -0.378 e. The summed E-state index contributed by atoms with van der Waals surface area (Å²) < 4.78 is 5.32. The van der Waals surface area contributed by atoms with Gasteiger partial charge in [-0.2, -0.15) is 0 Å². The molecule has 10 heteroatoms. The monoisotopic (exact) mass is 398 g/mol. The number of nitrogens with zero attached hydrogens (tertiary/aromatic N) is 3. The molecule has 0 radical (unpaired) electrons. The van der Waals surface area contributed by atoms with Crippen LogP contribution in [0.4, 0.5) is 5.13 Å². The minimum absolute atomic E-state index is 0.0328. The van der Waals surface area contributed by atoms with Crippen LogP contribution in [0.3, 0.4) is 0 Å². The molecule has 2 amide bonds. The maximum Gasteiger partial charge on any atom is 0.265 e. The number of aromatic nitrogens is 1. The number of thiazole rings is 1. The molecule has 2 aliphatic heterocycles. The van der Waals surface area contributed by atoms with Crippen LogP contribution in [0.5, 0.6) is 0 Å². The number of morpholine rings is 1. The Hall–Kier alpha value is -1.81. The lowest BCUT2D eigenvalue weighted by molar-refractivity contribution is -0.128. The van der Waals surface area contributed by atoms with Crippen molar-refractivity contribution in [1.29, 1.82) is 0 Å². The molecule has 2 saturated heterocycles. The largest absolute Gasteiger partial charge is 0.378 e. The van der Waals surface area contributed by atoms with Crippen LogP contribution in [0.1, 0.15) is 4.88 Å². The molecule has 0 unspecified atom stereocenters. The van der Waals surface area contributed by atoms with E-state index in [0.717, 1.165) is 18.2 Å². The topological polar surface area (TPSA) is 74.8 Å². The Kier molecular flexibility index (Phi) is 5.48. The van der Waals surface area contributed by atoms with Crippen LogP contribution in [-0.4, -0.2) is 59.7 Å². The van der Waals surface area contributed by atoms with Crippen LogP contribution in [0.25, 0.3) is 6.08 Å². The van der Waals surface area contributed by atoms with Crippen molar-refractivity contribution in [2.75, 3.05) is 37.7 Å². The lowest BCUT2D eigenvalue weighted by Crippen LogP contribution is -2.53. The third-order valence-electron chi connectivity index (χ3n) is 3.65. The summed E-state index contributed by atoms with van der Waals surface area (Å²) >= 11 is 12.6. The maximum absolute atomic E-state index is 12.5. The lowest BCUT2D eigenvalue weighted by atomic mass is 10.1. The fraction of sp³-hybridized carbons (Fsp3) is 0.333. The number of rotatable bonds is 4. The van der Waals surface area contributed by atoms with Crippen LogP contribution in [-0.2, 0) is 14.3 Å². The Morgan fingerprint density at radius 1 is 1.40 bits per heavy atom. The molecule has 0 atom stereocenters. The summed E-state index contributed by atoms with van der Waals surface area (Å²) in [7, 11) is 0. The molecule has 3 rings (SSSR count). The van der Waals surface area contributed by atoms with Gasteiger partial charge < -0.3 is 9.64 Å². The Morgan fingerprint density at radius 2 is 2.12 bits per heavy atom. The molecular weight excluding hydrogens is 384 g/mol. The van der Waals surface area contributed by atoms with Gasteiger partial charge in [-0.05, 0) is 18.3 Å². The van der Waals surface area contributed by atoms with Gasteiger partial charge in [0.15, 0.2) is 10.2 Å². The van der Waals surface area contributed by atoms with Crippen LogP contribution in [0.15, 0.2) is 18.2 Å². The Bertz CT molecular complexity index is 771. The molecule has 0 bridgehead atoms. The molecule has 0 aliphatic carbocycles. The van der Waals surface area contributed by atoms with E-state index in [1.54, 1.807) is 0 Å². The average Bonchev–Trinajstić information content (AvgIpc) is 2.97. The van der Waals surface area contributed by atoms with Crippen LogP contribution < -0.4 is 10.2 Å². The second-order valence-electron chi connectivity index (χ2n) is 5.27. The number of thiocarbonyl (C=S) groups is 1. The van der Waals surface area contributed by atoms with Crippen molar-refractivity contribution < 1.29 is 14.3 Å². The van der Waals surface area contributed by atoms with Gasteiger partial charge in [0.25, 0.3) is 11.8 Å². The summed E-state index contributed by atoms with van der Waals surface area (Å²) in [5.74, 6) is -1.03. The van der Waals surface area contributed by atoms with Crippen molar-refractivity contribution in [2.24, 2.45) is 0 Å². The van der Waals surface area contributed by atoms with Crippen molar-refractivity contribution in [1.82, 2.24) is 15.2 Å². The molecule has 1 N–H and O–H groups in total. The van der Waals surface area contributed by atoms with Crippen LogP contribution in [0, 0.1) is 0 Å². The van der Waals surface area contributed by atoms with E-state index in [4.69, 9.17) is 28.6 Å². The molecule has 1 aromatic rings. The first-order valence-corrected chi connectivity index (χ1v) is 9.10.